The predicted octanol–water partition coefficient (Wildman–Crippen LogP) is 24.5. The van der Waals surface area contributed by atoms with Gasteiger partial charge in [0.25, 0.3) is 0 Å². The van der Waals surface area contributed by atoms with Gasteiger partial charge in [0, 0.05) is 95.9 Å². The zero-order chi connectivity index (χ0) is 58.4. The molecule has 0 amide bonds. The van der Waals surface area contributed by atoms with Crippen molar-refractivity contribution in [3.8, 4) is 22.3 Å². The van der Waals surface area contributed by atoms with Gasteiger partial charge in [-0.15, -0.1) is 22.7 Å². The Morgan fingerprint density at radius 3 is 1.13 bits per heavy atom. The van der Waals surface area contributed by atoms with Gasteiger partial charge < -0.3 is 27.4 Å². The highest BCUT2D eigenvalue weighted by Gasteiger charge is 2.32. The molecular formula is C82H46N4O2S2. The Balaban J connectivity index is 0.853. The lowest BCUT2D eigenvalue weighted by Gasteiger charge is -2.29. The van der Waals surface area contributed by atoms with E-state index in [4.69, 9.17) is 8.83 Å². The van der Waals surface area contributed by atoms with Crippen molar-refractivity contribution in [3.05, 3.63) is 278 Å². The molecule has 0 saturated heterocycles. The number of aromatic nitrogens is 2. The van der Waals surface area contributed by atoms with E-state index in [2.05, 4.69) is 296 Å². The van der Waals surface area contributed by atoms with Crippen molar-refractivity contribution in [3.63, 3.8) is 0 Å². The number of hydrogen-bond donors (Lipinski definition) is 0. The van der Waals surface area contributed by atoms with Crippen LogP contribution in [0.5, 0.6) is 0 Å². The van der Waals surface area contributed by atoms with E-state index in [1.54, 1.807) is 22.7 Å². The van der Waals surface area contributed by atoms with Crippen molar-refractivity contribution in [1.82, 2.24) is 8.80 Å². The fourth-order valence-corrected chi connectivity index (χ4v) is 17.3. The molecule has 0 bridgehead atoms. The fourth-order valence-electron chi connectivity index (χ4n) is 15.7. The van der Waals surface area contributed by atoms with E-state index in [1.165, 1.54) is 96.5 Å². The van der Waals surface area contributed by atoms with Gasteiger partial charge in [0.05, 0.1) is 67.2 Å². The van der Waals surface area contributed by atoms with Crippen LogP contribution in [0.3, 0.4) is 0 Å². The molecule has 418 valence electrons. The lowest BCUT2D eigenvalue weighted by atomic mass is 9.97. The third-order valence-electron chi connectivity index (χ3n) is 19.3. The first kappa shape index (κ1) is 48.7. The summed E-state index contributed by atoms with van der Waals surface area (Å²) in [7, 11) is 0. The Hall–Kier alpha value is -11.4. The minimum Gasteiger partial charge on any atom is -0.454 e. The van der Waals surface area contributed by atoms with Gasteiger partial charge in [-0.1, -0.05) is 170 Å². The lowest BCUT2D eigenvalue weighted by molar-refractivity contribution is 0.669. The first-order valence-electron chi connectivity index (χ1n) is 30.5. The van der Waals surface area contributed by atoms with Crippen LogP contribution in [0.25, 0.3) is 162 Å². The van der Waals surface area contributed by atoms with Gasteiger partial charge in [0.1, 0.15) is 11.2 Å². The Morgan fingerprint density at radius 1 is 0.267 bits per heavy atom. The quantitative estimate of drug-likeness (QED) is 0.152. The molecule has 21 rings (SSSR count). The van der Waals surface area contributed by atoms with Crippen LogP contribution in [-0.2, 0) is 0 Å². The highest BCUT2D eigenvalue weighted by Crippen LogP contribution is 2.56. The van der Waals surface area contributed by atoms with Gasteiger partial charge in [-0.3, -0.25) is 0 Å². The molecule has 90 heavy (non-hydrogen) atoms. The molecule has 8 heterocycles. The van der Waals surface area contributed by atoms with Gasteiger partial charge in [-0.05, 0) is 119 Å². The topological polar surface area (TPSA) is 41.6 Å². The number of furan rings is 2. The average molecular weight is 1180 g/mol. The van der Waals surface area contributed by atoms with Gasteiger partial charge >= 0.3 is 0 Å². The first-order valence-corrected chi connectivity index (χ1v) is 32.3. The normalized spacial score (nSPS) is 12.4. The first-order chi connectivity index (χ1) is 44.7. The molecule has 8 aromatic heterocycles. The van der Waals surface area contributed by atoms with Gasteiger partial charge in [-0.2, -0.15) is 0 Å². The molecule has 8 heteroatoms. The number of rotatable bonds is 8. The van der Waals surface area contributed by atoms with Crippen molar-refractivity contribution < 1.29 is 8.83 Å². The Labute approximate surface area is 521 Å². The second-order valence-electron chi connectivity index (χ2n) is 23.8. The second-order valence-corrected chi connectivity index (χ2v) is 25.7. The number of para-hydroxylation sites is 6. The second kappa shape index (κ2) is 18.1. The zero-order valence-corrected chi connectivity index (χ0v) is 49.6. The van der Waals surface area contributed by atoms with Gasteiger partial charge in [-0.25, -0.2) is 0 Å². The van der Waals surface area contributed by atoms with E-state index in [0.717, 1.165) is 100 Å². The minimum atomic E-state index is 0.848. The molecule has 0 spiro atoms. The Bertz CT molecular complexity index is 6160. The van der Waals surface area contributed by atoms with Crippen molar-refractivity contribution in [2.24, 2.45) is 0 Å². The number of anilines is 6. The molecule has 0 aliphatic heterocycles. The van der Waals surface area contributed by atoms with E-state index in [-0.39, 0.29) is 0 Å². The molecule has 0 atom stereocenters. The smallest absolute Gasteiger partial charge is 0.159 e. The van der Waals surface area contributed by atoms with E-state index in [0.29, 0.717) is 0 Å². The van der Waals surface area contributed by atoms with Crippen molar-refractivity contribution in [1.29, 1.82) is 0 Å². The van der Waals surface area contributed by atoms with Crippen LogP contribution in [0.15, 0.2) is 287 Å². The van der Waals surface area contributed by atoms with E-state index in [9.17, 15) is 0 Å². The maximum Gasteiger partial charge on any atom is 0.159 e. The Kier molecular flexibility index (Phi) is 9.78. The van der Waals surface area contributed by atoms with E-state index < -0.39 is 0 Å². The summed E-state index contributed by atoms with van der Waals surface area (Å²) in [6, 6.07) is 98.2. The van der Waals surface area contributed by atoms with Crippen LogP contribution in [-0.4, -0.2) is 8.80 Å². The monoisotopic (exact) mass is 1180 g/mol. The third kappa shape index (κ3) is 6.44. The molecular weight excluding hydrogens is 1140 g/mol. The van der Waals surface area contributed by atoms with Crippen LogP contribution in [0, 0.1) is 0 Å². The SMILES string of the molecule is c1ccc(-c2c(N(c3cccc4c3oc3ccccc34)c3ccc4c5cc6c(cc5n5c7ccccc7c3c45)c3ccc(N(c4ccc5sccc5c4-c4ccccc4)c4cccc5c4oc4ccccc45)c4c5ccccc5n6c34)ccc3sccc23)cc1. The summed E-state index contributed by atoms with van der Waals surface area (Å²) in [6.07, 6.45) is 0. The predicted molar refractivity (Wildman–Crippen MR) is 381 cm³/mol. The van der Waals surface area contributed by atoms with E-state index in [1.807, 2.05) is 0 Å². The molecule has 0 unspecified atom stereocenters. The maximum absolute atomic E-state index is 7.01. The standard InChI is InChI=1S/C82H46N4O2S2/c1-3-17-47(18-4-1)75-57-41-43-89-73(57)39-37-63(75)83(67-29-15-25-53-49-21-9-13-31-71(49)87-81(53)67)65-35-33-51-59-45-70-60(46-69(59)85-61-27-11-7-23-55(61)77(65)79(51)85)52-34-36-66(78-56-24-8-12-28-62(56)86(70)80(52)78)84(68-30-16-26-54-50-22-10-14-32-72(50)88-82(54)68)64-38-40-74-58(42-44-90-74)76(64)48-19-5-2-6-20-48/h1-46H. The largest absolute Gasteiger partial charge is 0.454 e. The molecule has 6 nitrogen and oxygen atoms in total. The molecule has 0 aliphatic carbocycles. The van der Waals surface area contributed by atoms with Gasteiger partial charge in [0.2, 0.25) is 0 Å². The Morgan fingerprint density at radius 2 is 0.667 bits per heavy atom. The number of nitrogens with zero attached hydrogens (tertiary/aromatic N) is 4. The number of thiophene rings is 2. The molecule has 0 radical (unpaired) electrons. The number of fused-ring (bicyclic) bond motifs is 20. The summed E-state index contributed by atoms with van der Waals surface area (Å²) in [4.78, 5) is 5.00. The fraction of sp³-hybridized carbons (Fsp3) is 0. The van der Waals surface area contributed by atoms with Crippen LogP contribution in [0.4, 0.5) is 34.1 Å². The average Bonchev–Trinajstić information content (AvgIpc) is 1.53. The van der Waals surface area contributed by atoms with Gasteiger partial charge in [0.15, 0.2) is 11.2 Å². The van der Waals surface area contributed by atoms with Crippen LogP contribution >= 0.6 is 22.7 Å². The minimum absolute atomic E-state index is 0.848. The van der Waals surface area contributed by atoms with Crippen LogP contribution in [0.1, 0.15) is 0 Å². The van der Waals surface area contributed by atoms with Crippen molar-refractivity contribution >= 4 is 197 Å². The molecule has 0 aliphatic rings. The van der Waals surface area contributed by atoms with Crippen LogP contribution in [0.2, 0.25) is 0 Å². The number of benzene rings is 13. The summed E-state index contributed by atoms with van der Waals surface area (Å²) in [5, 5.41) is 20.8. The molecule has 0 fully saturated rings. The maximum atomic E-state index is 7.01. The van der Waals surface area contributed by atoms with Crippen molar-refractivity contribution in [2.45, 2.75) is 0 Å². The summed E-state index contributed by atoms with van der Waals surface area (Å²) < 4.78 is 21.6. The summed E-state index contributed by atoms with van der Waals surface area (Å²) >= 11 is 3.56. The summed E-state index contributed by atoms with van der Waals surface area (Å²) in [6.45, 7) is 0. The third-order valence-corrected chi connectivity index (χ3v) is 21.1. The van der Waals surface area contributed by atoms with Crippen molar-refractivity contribution in [2.75, 3.05) is 9.80 Å². The zero-order valence-electron chi connectivity index (χ0n) is 48.0. The molecule has 0 saturated carbocycles. The van der Waals surface area contributed by atoms with E-state index >= 15 is 0 Å². The summed E-state index contributed by atoms with van der Waals surface area (Å²) in [5.74, 6) is 0. The number of hydrogen-bond acceptors (Lipinski definition) is 6. The van der Waals surface area contributed by atoms with Crippen LogP contribution < -0.4 is 9.80 Å². The lowest BCUT2D eigenvalue weighted by Crippen LogP contribution is -2.12. The highest BCUT2D eigenvalue weighted by atomic mass is 32.1. The molecule has 0 N–H and O–H groups in total. The highest BCUT2D eigenvalue weighted by molar-refractivity contribution is 7.17. The molecule has 21 aromatic rings. The molecule has 13 aromatic carbocycles. The summed E-state index contributed by atoms with van der Waals surface area (Å²) in [5.41, 5.74) is 21.4.